The maximum Gasteiger partial charge on any atom is 0.244 e. The van der Waals surface area contributed by atoms with Gasteiger partial charge in [0.1, 0.15) is 6.04 Å². The SMILES string of the molecule is CC(=O)NC(C)C(=O)N1CCC(OC2CCCC2)CC1. The first-order chi connectivity index (χ1) is 9.56. The van der Waals surface area contributed by atoms with E-state index in [0.29, 0.717) is 12.2 Å². The number of piperidine rings is 1. The number of hydrogen-bond acceptors (Lipinski definition) is 3. The minimum absolute atomic E-state index is 0.0134. The lowest BCUT2D eigenvalue weighted by Gasteiger charge is -2.34. The second-order valence-electron chi connectivity index (χ2n) is 5.99. The molecule has 1 saturated heterocycles. The molecular weight excluding hydrogens is 256 g/mol. The Morgan fingerprint density at radius 1 is 1.10 bits per heavy atom. The number of carbonyl (C=O) groups excluding carboxylic acids is 2. The normalized spacial score (nSPS) is 22.8. The fourth-order valence-corrected chi connectivity index (χ4v) is 3.15. The zero-order valence-electron chi connectivity index (χ0n) is 12.6. The van der Waals surface area contributed by atoms with Gasteiger partial charge in [-0.2, -0.15) is 0 Å². The van der Waals surface area contributed by atoms with E-state index in [-0.39, 0.29) is 11.8 Å². The molecule has 2 amide bonds. The zero-order chi connectivity index (χ0) is 14.5. The number of carbonyl (C=O) groups is 2. The van der Waals surface area contributed by atoms with Gasteiger partial charge in [-0.25, -0.2) is 0 Å². The lowest BCUT2D eigenvalue weighted by Crippen LogP contribution is -2.50. The fraction of sp³-hybridized carbons (Fsp3) is 0.867. The Hall–Kier alpha value is -1.10. The third kappa shape index (κ3) is 4.20. The van der Waals surface area contributed by atoms with E-state index in [1.54, 1.807) is 6.92 Å². The summed E-state index contributed by atoms with van der Waals surface area (Å²) in [5.41, 5.74) is 0. The van der Waals surface area contributed by atoms with Crippen LogP contribution in [0.2, 0.25) is 0 Å². The summed E-state index contributed by atoms with van der Waals surface area (Å²) in [6.45, 7) is 4.65. The molecule has 1 unspecified atom stereocenters. The van der Waals surface area contributed by atoms with Gasteiger partial charge in [0.05, 0.1) is 12.2 Å². The summed E-state index contributed by atoms with van der Waals surface area (Å²) < 4.78 is 6.10. The van der Waals surface area contributed by atoms with Gasteiger partial charge in [-0.15, -0.1) is 0 Å². The average Bonchev–Trinajstić information content (AvgIpc) is 2.91. The van der Waals surface area contributed by atoms with Crippen LogP contribution in [0.4, 0.5) is 0 Å². The van der Waals surface area contributed by atoms with Crippen LogP contribution in [0, 0.1) is 0 Å². The lowest BCUT2D eigenvalue weighted by molar-refractivity contribution is -0.138. The maximum absolute atomic E-state index is 12.2. The molecule has 5 heteroatoms. The maximum atomic E-state index is 12.2. The number of ether oxygens (including phenoxy) is 1. The van der Waals surface area contributed by atoms with Crippen molar-refractivity contribution in [3.8, 4) is 0 Å². The van der Waals surface area contributed by atoms with Crippen LogP contribution in [0.15, 0.2) is 0 Å². The average molecular weight is 282 g/mol. The Labute approximate surface area is 121 Å². The van der Waals surface area contributed by atoms with Gasteiger partial charge in [0.25, 0.3) is 0 Å². The second kappa shape index (κ2) is 7.07. The van der Waals surface area contributed by atoms with E-state index in [9.17, 15) is 9.59 Å². The molecule has 1 aliphatic carbocycles. The highest BCUT2D eigenvalue weighted by Crippen LogP contribution is 2.25. The van der Waals surface area contributed by atoms with Crippen molar-refractivity contribution in [3.05, 3.63) is 0 Å². The first kappa shape index (κ1) is 15.3. The summed E-state index contributed by atoms with van der Waals surface area (Å²) in [5.74, 6) is -0.148. The van der Waals surface area contributed by atoms with E-state index in [2.05, 4.69) is 5.32 Å². The Kier molecular flexibility index (Phi) is 5.40. The van der Waals surface area contributed by atoms with Crippen LogP contribution in [-0.2, 0) is 14.3 Å². The quantitative estimate of drug-likeness (QED) is 0.849. The molecule has 2 rings (SSSR count). The topological polar surface area (TPSA) is 58.6 Å². The molecule has 1 heterocycles. The molecule has 1 saturated carbocycles. The molecule has 114 valence electrons. The van der Waals surface area contributed by atoms with Crippen molar-refractivity contribution in [2.24, 2.45) is 0 Å². The molecule has 2 fully saturated rings. The summed E-state index contributed by atoms with van der Waals surface area (Å²) in [7, 11) is 0. The van der Waals surface area contributed by atoms with Crippen molar-refractivity contribution in [1.29, 1.82) is 0 Å². The van der Waals surface area contributed by atoms with Gasteiger partial charge in [-0.05, 0) is 32.6 Å². The highest BCUT2D eigenvalue weighted by molar-refractivity contribution is 5.86. The van der Waals surface area contributed by atoms with Crippen LogP contribution < -0.4 is 5.32 Å². The third-order valence-corrected chi connectivity index (χ3v) is 4.23. The third-order valence-electron chi connectivity index (χ3n) is 4.23. The molecular formula is C15H26N2O3. The smallest absolute Gasteiger partial charge is 0.244 e. The van der Waals surface area contributed by atoms with Gasteiger partial charge in [0.2, 0.25) is 11.8 Å². The molecule has 20 heavy (non-hydrogen) atoms. The molecule has 0 spiro atoms. The summed E-state index contributed by atoms with van der Waals surface area (Å²) in [4.78, 5) is 25.0. The van der Waals surface area contributed by atoms with Crippen LogP contribution in [0.3, 0.4) is 0 Å². The van der Waals surface area contributed by atoms with Gasteiger partial charge >= 0.3 is 0 Å². The van der Waals surface area contributed by atoms with E-state index in [1.165, 1.54) is 32.6 Å². The minimum Gasteiger partial charge on any atom is -0.375 e. The predicted molar refractivity (Wildman–Crippen MR) is 76.2 cm³/mol. The first-order valence-electron chi connectivity index (χ1n) is 7.77. The van der Waals surface area contributed by atoms with Crippen molar-refractivity contribution in [2.45, 2.75) is 70.6 Å². The summed E-state index contributed by atoms with van der Waals surface area (Å²) in [6, 6.07) is -0.431. The van der Waals surface area contributed by atoms with Crippen molar-refractivity contribution >= 4 is 11.8 Å². The fourth-order valence-electron chi connectivity index (χ4n) is 3.15. The van der Waals surface area contributed by atoms with Gasteiger partial charge < -0.3 is 15.0 Å². The highest BCUT2D eigenvalue weighted by atomic mass is 16.5. The molecule has 0 radical (unpaired) electrons. The van der Waals surface area contributed by atoms with Crippen LogP contribution in [-0.4, -0.2) is 48.1 Å². The number of hydrogen-bond donors (Lipinski definition) is 1. The Balaban J connectivity index is 1.72. The van der Waals surface area contributed by atoms with Crippen LogP contribution >= 0.6 is 0 Å². The standard InChI is InChI=1S/C15H26N2O3/c1-11(16-12(2)18)15(19)17-9-7-14(8-10-17)20-13-5-3-4-6-13/h11,13-14H,3-10H2,1-2H3,(H,16,18). The Morgan fingerprint density at radius 2 is 1.65 bits per heavy atom. The van der Waals surface area contributed by atoms with Crippen molar-refractivity contribution in [1.82, 2.24) is 10.2 Å². The van der Waals surface area contributed by atoms with E-state index in [1.807, 2.05) is 4.90 Å². The van der Waals surface area contributed by atoms with Gasteiger partial charge in [0, 0.05) is 20.0 Å². The monoisotopic (exact) mass is 282 g/mol. The molecule has 0 bridgehead atoms. The largest absolute Gasteiger partial charge is 0.375 e. The Bertz CT molecular complexity index is 345. The number of rotatable bonds is 4. The van der Waals surface area contributed by atoms with Gasteiger partial charge in [0.15, 0.2) is 0 Å². The Morgan fingerprint density at radius 3 is 2.20 bits per heavy atom. The second-order valence-corrected chi connectivity index (χ2v) is 5.99. The van der Waals surface area contributed by atoms with E-state index in [0.717, 1.165) is 25.9 Å². The van der Waals surface area contributed by atoms with Crippen molar-refractivity contribution in [2.75, 3.05) is 13.1 Å². The first-order valence-corrected chi connectivity index (χ1v) is 7.77. The van der Waals surface area contributed by atoms with Gasteiger partial charge in [-0.1, -0.05) is 12.8 Å². The molecule has 1 N–H and O–H groups in total. The van der Waals surface area contributed by atoms with E-state index >= 15 is 0 Å². The number of amides is 2. The highest BCUT2D eigenvalue weighted by Gasteiger charge is 2.28. The van der Waals surface area contributed by atoms with Gasteiger partial charge in [-0.3, -0.25) is 9.59 Å². The molecule has 5 nitrogen and oxygen atoms in total. The molecule has 0 aromatic rings. The van der Waals surface area contributed by atoms with Crippen LogP contribution in [0.5, 0.6) is 0 Å². The van der Waals surface area contributed by atoms with Crippen LogP contribution in [0.1, 0.15) is 52.4 Å². The summed E-state index contributed by atoms with van der Waals surface area (Å²) in [6.07, 6.45) is 7.53. The molecule has 2 aliphatic rings. The molecule has 0 aromatic carbocycles. The van der Waals surface area contributed by atoms with E-state index < -0.39 is 6.04 Å². The summed E-state index contributed by atoms with van der Waals surface area (Å²) in [5, 5.41) is 2.65. The predicted octanol–water partition coefficient (Wildman–Crippen LogP) is 1.46. The molecule has 1 atom stereocenters. The van der Waals surface area contributed by atoms with Crippen molar-refractivity contribution in [3.63, 3.8) is 0 Å². The van der Waals surface area contributed by atoms with Crippen LogP contribution in [0.25, 0.3) is 0 Å². The van der Waals surface area contributed by atoms with Crippen molar-refractivity contribution < 1.29 is 14.3 Å². The summed E-state index contributed by atoms with van der Waals surface area (Å²) >= 11 is 0. The number of likely N-dealkylation sites (tertiary alicyclic amines) is 1. The molecule has 0 aromatic heterocycles. The molecule has 1 aliphatic heterocycles. The number of nitrogens with zero attached hydrogens (tertiary/aromatic N) is 1. The lowest BCUT2D eigenvalue weighted by atomic mass is 10.1. The minimum atomic E-state index is -0.431. The zero-order valence-corrected chi connectivity index (χ0v) is 12.6. The van der Waals surface area contributed by atoms with E-state index in [4.69, 9.17) is 4.74 Å². The number of nitrogens with one attached hydrogen (secondary N) is 1.